The minimum atomic E-state index is -1.11. The van der Waals surface area contributed by atoms with E-state index in [0.717, 1.165) is 22.3 Å². The standard InChI is InChI=1S/C35H36O7/c1-37-35-33(40-24-28-18-10-4-11-19-28)31(39-23-27-16-8-3-9-17-27)30(38-22-26-14-6-2-7-15-26)32(42-35)34(36)41-25-29-20-12-5-13-21-29/h2-21,30-33,35H,22-25H2,1H3/t30-,31-,32-,33+,35-/m1/s1. The number of rotatable bonds is 13. The summed E-state index contributed by atoms with van der Waals surface area (Å²) in [4.78, 5) is 13.6. The third kappa shape index (κ3) is 8.12. The topological polar surface area (TPSA) is 72.5 Å². The summed E-state index contributed by atoms with van der Waals surface area (Å²) in [6.45, 7) is 0.927. The average molecular weight is 569 g/mol. The average Bonchev–Trinajstić information content (AvgIpc) is 3.06. The van der Waals surface area contributed by atoms with E-state index in [2.05, 4.69) is 0 Å². The Hall–Kier alpha value is -3.85. The van der Waals surface area contributed by atoms with E-state index in [1.54, 1.807) is 0 Å². The van der Waals surface area contributed by atoms with Crippen LogP contribution in [-0.4, -0.2) is 43.8 Å². The van der Waals surface area contributed by atoms with Gasteiger partial charge in [0.05, 0.1) is 19.8 Å². The lowest BCUT2D eigenvalue weighted by atomic mass is 9.97. The van der Waals surface area contributed by atoms with E-state index in [9.17, 15) is 4.79 Å². The van der Waals surface area contributed by atoms with Crippen LogP contribution >= 0.6 is 0 Å². The van der Waals surface area contributed by atoms with Crippen molar-refractivity contribution in [3.05, 3.63) is 144 Å². The van der Waals surface area contributed by atoms with Crippen LogP contribution in [-0.2, 0) is 59.6 Å². The molecule has 7 nitrogen and oxygen atoms in total. The predicted molar refractivity (Wildman–Crippen MR) is 157 cm³/mol. The van der Waals surface area contributed by atoms with Gasteiger partial charge in [-0.3, -0.25) is 0 Å². The molecule has 0 radical (unpaired) electrons. The fourth-order valence-electron chi connectivity index (χ4n) is 4.85. The zero-order valence-electron chi connectivity index (χ0n) is 23.6. The lowest BCUT2D eigenvalue weighted by Crippen LogP contribution is -2.62. The molecule has 1 saturated heterocycles. The monoisotopic (exact) mass is 568 g/mol. The van der Waals surface area contributed by atoms with E-state index in [4.69, 9.17) is 28.4 Å². The van der Waals surface area contributed by atoms with Crippen LogP contribution in [0.2, 0.25) is 0 Å². The largest absolute Gasteiger partial charge is 0.459 e. The molecular formula is C35H36O7. The highest BCUT2D eigenvalue weighted by Gasteiger charge is 2.52. The second kappa shape index (κ2) is 15.4. The van der Waals surface area contributed by atoms with E-state index < -0.39 is 36.7 Å². The van der Waals surface area contributed by atoms with Gasteiger partial charge in [0.1, 0.15) is 24.9 Å². The van der Waals surface area contributed by atoms with Gasteiger partial charge in [-0.15, -0.1) is 0 Å². The molecule has 0 aromatic heterocycles. The molecule has 0 amide bonds. The van der Waals surface area contributed by atoms with E-state index in [-0.39, 0.29) is 19.8 Å². The molecule has 1 fully saturated rings. The van der Waals surface area contributed by atoms with Gasteiger partial charge in [0, 0.05) is 7.11 Å². The highest BCUT2D eigenvalue weighted by molar-refractivity contribution is 5.76. The highest BCUT2D eigenvalue weighted by Crippen LogP contribution is 2.31. The van der Waals surface area contributed by atoms with Crippen molar-refractivity contribution in [3.8, 4) is 0 Å². The first kappa shape index (κ1) is 29.6. The molecular weight excluding hydrogens is 532 g/mol. The maximum absolute atomic E-state index is 13.6. The molecule has 7 heteroatoms. The zero-order chi connectivity index (χ0) is 29.0. The number of carbonyl (C=O) groups is 1. The second-order valence-electron chi connectivity index (χ2n) is 10.0. The first-order valence-corrected chi connectivity index (χ1v) is 14.1. The molecule has 4 aromatic rings. The Bertz CT molecular complexity index is 1340. The first-order valence-electron chi connectivity index (χ1n) is 14.1. The molecule has 1 heterocycles. The molecule has 1 aliphatic heterocycles. The van der Waals surface area contributed by atoms with Crippen LogP contribution in [0, 0.1) is 0 Å². The number of hydrogen-bond donors (Lipinski definition) is 0. The Balaban J connectivity index is 1.42. The molecule has 1 aliphatic rings. The molecule has 5 atom stereocenters. The third-order valence-corrected chi connectivity index (χ3v) is 7.04. The molecule has 0 unspecified atom stereocenters. The van der Waals surface area contributed by atoms with Gasteiger partial charge in [0.15, 0.2) is 12.4 Å². The van der Waals surface area contributed by atoms with Crippen molar-refractivity contribution < 1.29 is 33.2 Å². The van der Waals surface area contributed by atoms with Crippen molar-refractivity contribution in [1.29, 1.82) is 0 Å². The van der Waals surface area contributed by atoms with Gasteiger partial charge in [-0.2, -0.15) is 0 Å². The maximum atomic E-state index is 13.6. The second-order valence-corrected chi connectivity index (χ2v) is 10.0. The normalized spacial score (nSPS) is 22.0. The van der Waals surface area contributed by atoms with E-state index in [0.29, 0.717) is 6.61 Å². The van der Waals surface area contributed by atoms with Crippen LogP contribution in [0.1, 0.15) is 22.3 Å². The Morgan fingerprint density at radius 3 is 1.36 bits per heavy atom. The van der Waals surface area contributed by atoms with Crippen LogP contribution in [0.25, 0.3) is 0 Å². The molecule has 4 aromatic carbocycles. The van der Waals surface area contributed by atoms with Crippen LogP contribution < -0.4 is 0 Å². The van der Waals surface area contributed by atoms with Gasteiger partial charge in [-0.25, -0.2) is 4.79 Å². The van der Waals surface area contributed by atoms with Gasteiger partial charge in [-0.1, -0.05) is 121 Å². The fourth-order valence-corrected chi connectivity index (χ4v) is 4.85. The summed E-state index contributed by atoms with van der Waals surface area (Å²) < 4.78 is 37.1. The van der Waals surface area contributed by atoms with Crippen molar-refractivity contribution >= 4 is 5.97 Å². The molecule has 0 N–H and O–H groups in total. The summed E-state index contributed by atoms with van der Waals surface area (Å²) in [6, 6.07) is 38.9. The number of hydrogen-bond acceptors (Lipinski definition) is 7. The van der Waals surface area contributed by atoms with Gasteiger partial charge < -0.3 is 28.4 Å². The SMILES string of the molecule is CO[C@@H]1O[C@@H](C(=O)OCc2ccccc2)[C@H](OCc2ccccc2)[C@@H](OCc2ccccc2)[C@@H]1OCc1ccccc1. The van der Waals surface area contributed by atoms with E-state index >= 15 is 0 Å². The minimum absolute atomic E-state index is 0.103. The fraction of sp³-hybridized carbons (Fsp3) is 0.286. The highest BCUT2D eigenvalue weighted by atomic mass is 16.7. The molecule has 0 aliphatic carbocycles. The summed E-state index contributed by atoms with van der Waals surface area (Å²) in [6.07, 6.45) is -4.27. The maximum Gasteiger partial charge on any atom is 0.338 e. The molecule has 0 spiro atoms. The first-order chi connectivity index (χ1) is 20.7. The Morgan fingerprint density at radius 1 is 0.548 bits per heavy atom. The van der Waals surface area contributed by atoms with Crippen molar-refractivity contribution in [1.82, 2.24) is 0 Å². The van der Waals surface area contributed by atoms with Gasteiger partial charge in [-0.05, 0) is 22.3 Å². The van der Waals surface area contributed by atoms with Crippen LogP contribution in [0.15, 0.2) is 121 Å². The van der Waals surface area contributed by atoms with E-state index in [1.165, 1.54) is 7.11 Å². The van der Waals surface area contributed by atoms with Gasteiger partial charge >= 0.3 is 5.97 Å². The summed E-state index contributed by atoms with van der Waals surface area (Å²) in [5, 5.41) is 0. The number of esters is 1. The number of benzene rings is 4. The van der Waals surface area contributed by atoms with Crippen molar-refractivity contribution in [3.63, 3.8) is 0 Å². The lowest BCUT2D eigenvalue weighted by Gasteiger charge is -2.44. The van der Waals surface area contributed by atoms with Crippen LogP contribution in [0.4, 0.5) is 0 Å². The summed E-state index contributed by atoms with van der Waals surface area (Å²) in [5.41, 5.74) is 3.78. The van der Waals surface area contributed by atoms with Gasteiger partial charge in [0.25, 0.3) is 0 Å². The number of carbonyl (C=O) groups excluding carboxylic acids is 1. The smallest absolute Gasteiger partial charge is 0.338 e. The van der Waals surface area contributed by atoms with Crippen LogP contribution in [0.3, 0.4) is 0 Å². The zero-order valence-corrected chi connectivity index (χ0v) is 23.6. The predicted octanol–water partition coefficient (Wildman–Crippen LogP) is 5.86. The Kier molecular flexibility index (Phi) is 10.9. The van der Waals surface area contributed by atoms with Crippen molar-refractivity contribution in [2.75, 3.05) is 7.11 Å². The summed E-state index contributed by atoms with van der Waals surface area (Å²) in [5.74, 6) is -0.561. The minimum Gasteiger partial charge on any atom is -0.459 e. The summed E-state index contributed by atoms with van der Waals surface area (Å²) >= 11 is 0. The Morgan fingerprint density at radius 2 is 0.929 bits per heavy atom. The molecule has 42 heavy (non-hydrogen) atoms. The molecule has 218 valence electrons. The van der Waals surface area contributed by atoms with Crippen molar-refractivity contribution in [2.24, 2.45) is 0 Å². The van der Waals surface area contributed by atoms with E-state index in [1.807, 2.05) is 121 Å². The molecule has 0 bridgehead atoms. The van der Waals surface area contributed by atoms with Crippen molar-refractivity contribution in [2.45, 2.75) is 57.1 Å². The quantitative estimate of drug-likeness (QED) is 0.187. The number of methoxy groups -OCH3 is 1. The molecule has 5 rings (SSSR count). The third-order valence-electron chi connectivity index (χ3n) is 7.04. The lowest BCUT2D eigenvalue weighted by molar-refractivity contribution is -0.315. The summed E-state index contributed by atoms with van der Waals surface area (Å²) in [7, 11) is 1.52. The Labute approximate surface area is 246 Å². The number of ether oxygens (including phenoxy) is 6. The van der Waals surface area contributed by atoms with Crippen LogP contribution in [0.5, 0.6) is 0 Å². The molecule has 0 saturated carbocycles. The van der Waals surface area contributed by atoms with Gasteiger partial charge in [0.2, 0.25) is 0 Å².